The van der Waals surface area contributed by atoms with Crippen LogP contribution in [-0.4, -0.2) is 44.6 Å². The van der Waals surface area contributed by atoms with Gasteiger partial charge in [0.1, 0.15) is 6.23 Å². The number of nitrogens with one attached hydrogen (secondary N) is 1. The Labute approximate surface area is 128 Å². The molecule has 21 heavy (non-hydrogen) atoms. The molecule has 7 nitrogen and oxygen atoms in total. The largest absolute Gasteiger partial charge is 0.353 e. The molecule has 0 aromatic heterocycles. The highest BCUT2D eigenvalue weighted by atomic mass is 16.8. The molecule has 0 rings (SSSR count). The van der Waals surface area contributed by atoms with E-state index in [0.717, 1.165) is 0 Å². The second-order valence-electron chi connectivity index (χ2n) is 4.46. The van der Waals surface area contributed by atoms with Gasteiger partial charge < -0.3 is 23.7 Å². The number of hydrogen-bond acceptors (Lipinski definition) is 7. The molecular formula is C14H31NO6. The zero-order valence-corrected chi connectivity index (χ0v) is 14.3. The SMILES string of the molecule is CCONC(C)OC(C)OC(C)OC(C)OC(C)OCC. The lowest BCUT2D eigenvalue weighted by Crippen LogP contribution is -2.35. The lowest BCUT2D eigenvalue weighted by atomic mass is 10.6. The van der Waals surface area contributed by atoms with Crippen molar-refractivity contribution in [3.8, 4) is 0 Å². The fourth-order valence-electron chi connectivity index (χ4n) is 1.70. The lowest BCUT2D eigenvalue weighted by molar-refractivity contribution is -0.313. The van der Waals surface area contributed by atoms with Crippen molar-refractivity contribution >= 4 is 0 Å². The zero-order valence-electron chi connectivity index (χ0n) is 14.3. The molecule has 0 bridgehead atoms. The molecular weight excluding hydrogens is 278 g/mol. The van der Waals surface area contributed by atoms with E-state index in [2.05, 4.69) is 5.48 Å². The fourth-order valence-corrected chi connectivity index (χ4v) is 1.70. The van der Waals surface area contributed by atoms with E-state index in [0.29, 0.717) is 13.2 Å². The van der Waals surface area contributed by atoms with E-state index in [-0.39, 0.29) is 12.5 Å². The molecule has 0 fully saturated rings. The summed E-state index contributed by atoms with van der Waals surface area (Å²) in [6.07, 6.45) is -1.95. The minimum absolute atomic E-state index is 0.279. The van der Waals surface area contributed by atoms with Gasteiger partial charge in [-0.25, -0.2) is 0 Å². The van der Waals surface area contributed by atoms with Crippen LogP contribution in [0.4, 0.5) is 0 Å². The molecule has 0 aliphatic heterocycles. The minimum atomic E-state index is -0.469. The fraction of sp³-hybridized carbons (Fsp3) is 1.00. The van der Waals surface area contributed by atoms with Crippen molar-refractivity contribution in [1.29, 1.82) is 0 Å². The Morgan fingerprint density at radius 1 is 0.667 bits per heavy atom. The number of hydroxylamine groups is 1. The zero-order chi connectivity index (χ0) is 16.3. The Bertz CT molecular complexity index is 244. The molecule has 0 saturated heterocycles. The van der Waals surface area contributed by atoms with Crippen LogP contribution < -0.4 is 5.48 Å². The summed E-state index contributed by atoms with van der Waals surface area (Å²) in [5.41, 5.74) is 2.73. The van der Waals surface area contributed by atoms with E-state index in [1.807, 2.05) is 27.7 Å². The van der Waals surface area contributed by atoms with E-state index in [1.54, 1.807) is 20.8 Å². The first-order valence-electron chi connectivity index (χ1n) is 7.49. The Morgan fingerprint density at radius 3 is 1.62 bits per heavy atom. The van der Waals surface area contributed by atoms with Gasteiger partial charge in [-0.3, -0.25) is 4.84 Å². The summed E-state index contributed by atoms with van der Waals surface area (Å²) in [4.78, 5) is 5.04. The van der Waals surface area contributed by atoms with E-state index in [4.69, 9.17) is 28.5 Å². The van der Waals surface area contributed by atoms with Gasteiger partial charge in [0.2, 0.25) is 0 Å². The number of rotatable bonds is 13. The minimum Gasteiger partial charge on any atom is -0.353 e. The van der Waals surface area contributed by atoms with Crippen molar-refractivity contribution in [2.75, 3.05) is 13.2 Å². The second kappa shape index (κ2) is 12.3. The van der Waals surface area contributed by atoms with Gasteiger partial charge in [0, 0.05) is 6.61 Å². The summed E-state index contributed by atoms with van der Waals surface area (Å²) in [6, 6.07) is 0. The van der Waals surface area contributed by atoms with Crippen LogP contribution in [0.15, 0.2) is 0 Å². The topological polar surface area (TPSA) is 67.4 Å². The summed E-state index contributed by atoms with van der Waals surface area (Å²) in [7, 11) is 0. The third-order valence-corrected chi connectivity index (χ3v) is 2.34. The molecule has 0 heterocycles. The van der Waals surface area contributed by atoms with Gasteiger partial charge in [-0.15, -0.1) is 0 Å². The van der Waals surface area contributed by atoms with Crippen LogP contribution in [0, 0.1) is 0 Å². The molecule has 0 aliphatic carbocycles. The van der Waals surface area contributed by atoms with Crippen molar-refractivity contribution in [3.63, 3.8) is 0 Å². The second-order valence-corrected chi connectivity index (χ2v) is 4.46. The van der Waals surface area contributed by atoms with E-state index >= 15 is 0 Å². The standard InChI is InChI=1S/C14H31NO6/c1-8-16-11(4)19-13(6)21-14(7)20-12(5)18-10(3)15-17-9-2/h10-15H,8-9H2,1-7H3. The molecule has 0 amide bonds. The van der Waals surface area contributed by atoms with Crippen molar-refractivity contribution in [2.24, 2.45) is 0 Å². The smallest absolute Gasteiger partial charge is 0.161 e. The molecule has 0 saturated carbocycles. The Kier molecular flexibility index (Phi) is 12.1. The summed E-state index contributed by atoms with van der Waals surface area (Å²) in [5, 5.41) is 0. The third-order valence-electron chi connectivity index (χ3n) is 2.34. The maximum Gasteiger partial charge on any atom is 0.161 e. The van der Waals surface area contributed by atoms with Crippen LogP contribution in [0.1, 0.15) is 48.5 Å². The van der Waals surface area contributed by atoms with Gasteiger partial charge in [-0.1, -0.05) is 0 Å². The first-order valence-corrected chi connectivity index (χ1v) is 7.49. The molecule has 0 aromatic rings. The van der Waals surface area contributed by atoms with Gasteiger partial charge in [-0.2, -0.15) is 5.48 Å². The summed E-state index contributed by atoms with van der Waals surface area (Å²) in [6.45, 7) is 14.0. The Balaban J connectivity index is 3.87. The van der Waals surface area contributed by atoms with Crippen molar-refractivity contribution in [2.45, 2.75) is 79.9 Å². The maximum absolute atomic E-state index is 5.55. The predicted molar refractivity (Wildman–Crippen MR) is 78.0 cm³/mol. The van der Waals surface area contributed by atoms with Gasteiger partial charge >= 0.3 is 0 Å². The molecule has 0 aromatic carbocycles. The molecule has 0 spiro atoms. The maximum atomic E-state index is 5.55. The number of ether oxygens (including phenoxy) is 5. The normalized spacial score (nSPS) is 19.0. The summed E-state index contributed by atoms with van der Waals surface area (Å²) < 4.78 is 27.4. The first-order chi connectivity index (χ1) is 9.88. The van der Waals surface area contributed by atoms with Gasteiger partial charge in [0.25, 0.3) is 0 Å². The van der Waals surface area contributed by atoms with Crippen LogP contribution in [0.25, 0.3) is 0 Å². The van der Waals surface area contributed by atoms with E-state index in [9.17, 15) is 0 Å². The molecule has 5 unspecified atom stereocenters. The predicted octanol–water partition coefficient (Wildman–Crippen LogP) is 2.36. The van der Waals surface area contributed by atoms with Gasteiger partial charge in [0.05, 0.1) is 6.61 Å². The van der Waals surface area contributed by atoms with Gasteiger partial charge in [-0.05, 0) is 48.5 Å². The van der Waals surface area contributed by atoms with Crippen LogP contribution in [0.5, 0.6) is 0 Å². The molecule has 5 atom stereocenters. The van der Waals surface area contributed by atoms with Crippen molar-refractivity contribution in [3.05, 3.63) is 0 Å². The molecule has 128 valence electrons. The van der Waals surface area contributed by atoms with Crippen molar-refractivity contribution < 1.29 is 28.5 Å². The summed E-state index contributed by atoms with van der Waals surface area (Å²) in [5.74, 6) is 0. The van der Waals surface area contributed by atoms with Crippen LogP contribution in [0.3, 0.4) is 0 Å². The monoisotopic (exact) mass is 309 g/mol. The van der Waals surface area contributed by atoms with Crippen LogP contribution in [-0.2, 0) is 28.5 Å². The average Bonchev–Trinajstić information content (AvgIpc) is 2.35. The quantitative estimate of drug-likeness (QED) is 0.414. The molecule has 1 N–H and O–H groups in total. The Morgan fingerprint density at radius 2 is 1.14 bits per heavy atom. The third kappa shape index (κ3) is 12.0. The molecule has 7 heteroatoms. The highest BCUT2D eigenvalue weighted by molar-refractivity contribution is 4.43. The highest BCUT2D eigenvalue weighted by Gasteiger charge is 2.16. The van der Waals surface area contributed by atoms with Crippen LogP contribution in [0.2, 0.25) is 0 Å². The Hall–Kier alpha value is -0.280. The number of hydrogen-bond donors (Lipinski definition) is 1. The van der Waals surface area contributed by atoms with E-state index < -0.39 is 18.9 Å². The lowest BCUT2D eigenvalue weighted by Gasteiger charge is -2.26. The molecule has 0 radical (unpaired) electrons. The van der Waals surface area contributed by atoms with Crippen LogP contribution >= 0.6 is 0 Å². The van der Waals surface area contributed by atoms with Crippen molar-refractivity contribution in [1.82, 2.24) is 5.48 Å². The van der Waals surface area contributed by atoms with Gasteiger partial charge in [0.15, 0.2) is 25.2 Å². The summed E-state index contributed by atoms with van der Waals surface area (Å²) >= 11 is 0. The average molecular weight is 309 g/mol. The molecule has 0 aliphatic rings. The first kappa shape index (κ1) is 20.7. The van der Waals surface area contributed by atoms with E-state index in [1.165, 1.54) is 0 Å². The highest BCUT2D eigenvalue weighted by Crippen LogP contribution is 2.09.